The van der Waals surface area contributed by atoms with Crippen LogP contribution in [-0.4, -0.2) is 22.4 Å². The molecule has 0 saturated carbocycles. The fourth-order valence-corrected chi connectivity index (χ4v) is 2.50. The van der Waals surface area contributed by atoms with Crippen LogP contribution < -0.4 is 10.1 Å². The summed E-state index contributed by atoms with van der Waals surface area (Å²) in [5.74, 6) is 0.564. The Labute approximate surface area is 147 Å². The largest absolute Gasteiger partial charge is 0.495 e. The Hall–Kier alpha value is -2.82. The van der Waals surface area contributed by atoms with Crippen LogP contribution in [0.25, 0.3) is 16.9 Å². The van der Waals surface area contributed by atoms with Crippen LogP contribution in [-0.2, 0) is 4.79 Å². The summed E-state index contributed by atoms with van der Waals surface area (Å²) in [6, 6.07) is 9.77. The molecule has 25 heavy (non-hydrogen) atoms. The number of nitrogens with zero attached hydrogens (tertiary/aromatic N) is 2. The average molecular weight is 337 g/mol. The molecule has 0 radical (unpaired) electrons. The molecule has 5 heteroatoms. The smallest absolute Gasteiger partial charge is 0.229 e. The summed E-state index contributed by atoms with van der Waals surface area (Å²) in [5.41, 5.74) is 3.99. The van der Waals surface area contributed by atoms with Gasteiger partial charge in [-0.15, -0.1) is 0 Å². The van der Waals surface area contributed by atoms with Gasteiger partial charge in [-0.1, -0.05) is 20.8 Å². The Kier molecular flexibility index (Phi) is 4.25. The number of benzene rings is 1. The first-order valence-electron chi connectivity index (χ1n) is 8.23. The maximum Gasteiger partial charge on any atom is 0.229 e. The van der Waals surface area contributed by atoms with Crippen LogP contribution in [0.4, 0.5) is 5.69 Å². The Morgan fingerprint density at radius 2 is 1.96 bits per heavy atom. The lowest BCUT2D eigenvalue weighted by Crippen LogP contribution is -2.27. The summed E-state index contributed by atoms with van der Waals surface area (Å²) in [4.78, 5) is 17.0. The number of pyridine rings is 1. The summed E-state index contributed by atoms with van der Waals surface area (Å²) in [5, 5.41) is 2.96. The summed E-state index contributed by atoms with van der Waals surface area (Å²) < 4.78 is 7.37. The molecule has 1 amide bonds. The van der Waals surface area contributed by atoms with E-state index in [2.05, 4.69) is 10.3 Å². The molecule has 1 aromatic carbocycles. The quantitative estimate of drug-likeness (QED) is 0.775. The molecule has 0 unspecified atom stereocenters. The molecule has 3 aromatic rings. The van der Waals surface area contributed by atoms with E-state index in [9.17, 15) is 4.79 Å². The van der Waals surface area contributed by atoms with Gasteiger partial charge in [0.1, 0.15) is 11.4 Å². The van der Waals surface area contributed by atoms with Crippen molar-refractivity contribution in [3.8, 4) is 17.0 Å². The number of imidazole rings is 1. The van der Waals surface area contributed by atoms with E-state index >= 15 is 0 Å². The zero-order valence-electron chi connectivity index (χ0n) is 15.3. The van der Waals surface area contributed by atoms with Gasteiger partial charge in [0.05, 0.1) is 18.5 Å². The highest BCUT2D eigenvalue weighted by Gasteiger charge is 2.22. The van der Waals surface area contributed by atoms with Crippen LogP contribution in [0.3, 0.4) is 0 Å². The van der Waals surface area contributed by atoms with Gasteiger partial charge in [0.2, 0.25) is 5.91 Å². The standard InChI is InChI=1S/C20H23N3O2/c1-13-8-9-23-12-16(21-18(23)10-13)14-6-7-17(25-5)15(11-14)22-19(24)20(2,3)4/h6-12H,1-5H3,(H,22,24). The van der Waals surface area contributed by atoms with Crippen molar-refractivity contribution in [3.63, 3.8) is 0 Å². The molecule has 0 saturated heterocycles. The van der Waals surface area contributed by atoms with Crippen LogP contribution in [0.2, 0.25) is 0 Å². The van der Waals surface area contributed by atoms with E-state index in [4.69, 9.17) is 4.74 Å². The molecule has 0 fully saturated rings. The minimum atomic E-state index is -0.484. The van der Waals surface area contributed by atoms with E-state index in [1.807, 2.05) is 74.8 Å². The van der Waals surface area contributed by atoms with Crippen molar-refractivity contribution in [3.05, 3.63) is 48.3 Å². The van der Waals surface area contributed by atoms with Gasteiger partial charge in [-0.3, -0.25) is 4.79 Å². The van der Waals surface area contributed by atoms with Crippen molar-refractivity contribution in [1.29, 1.82) is 0 Å². The maximum atomic E-state index is 12.3. The lowest BCUT2D eigenvalue weighted by Gasteiger charge is -2.19. The molecule has 1 N–H and O–H groups in total. The number of hydrogen-bond acceptors (Lipinski definition) is 3. The minimum Gasteiger partial charge on any atom is -0.495 e. The van der Waals surface area contributed by atoms with Crippen LogP contribution in [0, 0.1) is 12.3 Å². The second-order valence-corrected chi connectivity index (χ2v) is 7.21. The van der Waals surface area contributed by atoms with Crippen molar-refractivity contribution in [1.82, 2.24) is 9.38 Å². The highest BCUT2D eigenvalue weighted by molar-refractivity contribution is 5.96. The number of amides is 1. The zero-order valence-corrected chi connectivity index (χ0v) is 15.3. The number of nitrogens with one attached hydrogen (secondary N) is 1. The Morgan fingerprint density at radius 1 is 1.20 bits per heavy atom. The molecule has 0 spiro atoms. The van der Waals surface area contributed by atoms with Crippen molar-refractivity contribution in [2.24, 2.45) is 5.41 Å². The topological polar surface area (TPSA) is 55.6 Å². The monoisotopic (exact) mass is 337 g/mol. The SMILES string of the molecule is COc1ccc(-c2cn3ccc(C)cc3n2)cc1NC(=O)C(C)(C)C. The van der Waals surface area contributed by atoms with Gasteiger partial charge < -0.3 is 14.5 Å². The highest BCUT2D eigenvalue weighted by Crippen LogP contribution is 2.31. The summed E-state index contributed by atoms with van der Waals surface area (Å²) in [6.45, 7) is 7.68. The van der Waals surface area contributed by atoms with Crippen LogP contribution in [0.5, 0.6) is 5.75 Å². The Morgan fingerprint density at radius 3 is 2.64 bits per heavy atom. The van der Waals surface area contributed by atoms with E-state index in [1.54, 1.807) is 7.11 Å². The number of ether oxygens (including phenoxy) is 1. The van der Waals surface area contributed by atoms with Crippen LogP contribution in [0.15, 0.2) is 42.7 Å². The van der Waals surface area contributed by atoms with E-state index in [1.165, 1.54) is 0 Å². The van der Waals surface area contributed by atoms with Crippen molar-refractivity contribution < 1.29 is 9.53 Å². The third kappa shape index (κ3) is 3.50. The lowest BCUT2D eigenvalue weighted by molar-refractivity contribution is -0.123. The number of carbonyl (C=O) groups excluding carboxylic acids is 1. The maximum absolute atomic E-state index is 12.3. The Bertz CT molecular complexity index is 936. The van der Waals surface area contributed by atoms with Gasteiger partial charge in [-0.2, -0.15) is 0 Å². The molecule has 0 bridgehead atoms. The molecule has 3 rings (SSSR count). The number of anilines is 1. The second kappa shape index (κ2) is 6.24. The first kappa shape index (κ1) is 17.0. The second-order valence-electron chi connectivity index (χ2n) is 7.21. The third-order valence-electron chi connectivity index (χ3n) is 4.04. The third-order valence-corrected chi connectivity index (χ3v) is 4.04. The summed E-state index contributed by atoms with van der Waals surface area (Å²) >= 11 is 0. The van der Waals surface area contributed by atoms with Crippen LogP contribution in [0.1, 0.15) is 26.3 Å². The van der Waals surface area contributed by atoms with Crippen molar-refractivity contribution in [2.45, 2.75) is 27.7 Å². The number of fused-ring (bicyclic) bond motifs is 1. The van der Waals surface area contributed by atoms with Crippen molar-refractivity contribution >= 4 is 17.2 Å². The van der Waals surface area contributed by atoms with Gasteiger partial charge in [-0.05, 0) is 42.8 Å². The molecular formula is C20H23N3O2. The van der Waals surface area contributed by atoms with Crippen molar-refractivity contribution in [2.75, 3.05) is 12.4 Å². The predicted molar refractivity (Wildman–Crippen MR) is 100 cm³/mol. The molecule has 2 aromatic heterocycles. The first-order chi connectivity index (χ1) is 11.8. The van der Waals surface area contributed by atoms with Gasteiger partial charge in [0.25, 0.3) is 0 Å². The average Bonchev–Trinajstić information content (AvgIpc) is 2.97. The van der Waals surface area contributed by atoms with Gasteiger partial charge in [0.15, 0.2) is 0 Å². The molecular weight excluding hydrogens is 314 g/mol. The van der Waals surface area contributed by atoms with Crippen LogP contribution >= 0.6 is 0 Å². The molecule has 5 nitrogen and oxygen atoms in total. The minimum absolute atomic E-state index is 0.0615. The normalized spacial score (nSPS) is 11.6. The summed E-state index contributed by atoms with van der Waals surface area (Å²) in [7, 11) is 1.59. The zero-order chi connectivity index (χ0) is 18.2. The van der Waals surface area contributed by atoms with E-state index in [-0.39, 0.29) is 5.91 Å². The van der Waals surface area contributed by atoms with Gasteiger partial charge in [0, 0.05) is 23.4 Å². The van der Waals surface area contributed by atoms with E-state index < -0.39 is 5.41 Å². The van der Waals surface area contributed by atoms with Gasteiger partial charge in [-0.25, -0.2) is 4.98 Å². The molecule has 0 aliphatic carbocycles. The molecule has 130 valence electrons. The number of carbonyl (C=O) groups is 1. The number of aromatic nitrogens is 2. The lowest BCUT2D eigenvalue weighted by atomic mass is 9.95. The number of methoxy groups -OCH3 is 1. The fourth-order valence-electron chi connectivity index (χ4n) is 2.50. The summed E-state index contributed by atoms with van der Waals surface area (Å²) in [6.07, 6.45) is 3.97. The Balaban J connectivity index is 2.01. The molecule has 2 heterocycles. The molecule has 0 atom stereocenters. The molecule has 0 aliphatic heterocycles. The number of rotatable bonds is 3. The number of hydrogen-bond donors (Lipinski definition) is 1. The number of aryl methyl sites for hydroxylation is 1. The van der Waals surface area contributed by atoms with E-state index in [0.29, 0.717) is 11.4 Å². The van der Waals surface area contributed by atoms with E-state index in [0.717, 1.165) is 22.5 Å². The fraction of sp³-hybridized carbons (Fsp3) is 0.300. The first-order valence-corrected chi connectivity index (χ1v) is 8.23. The van der Waals surface area contributed by atoms with Gasteiger partial charge >= 0.3 is 0 Å². The highest BCUT2D eigenvalue weighted by atomic mass is 16.5. The predicted octanol–water partition coefficient (Wildman–Crippen LogP) is 4.30. The molecule has 0 aliphatic rings.